The molecule has 0 aliphatic rings. The van der Waals surface area contributed by atoms with Crippen molar-refractivity contribution >= 4 is 21.5 Å². The van der Waals surface area contributed by atoms with Crippen LogP contribution in [-0.4, -0.2) is 7.11 Å². The van der Waals surface area contributed by atoms with Crippen LogP contribution in [0, 0.1) is 0 Å². The van der Waals surface area contributed by atoms with Gasteiger partial charge < -0.3 is 4.74 Å². The summed E-state index contributed by atoms with van der Waals surface area (Å²) < 4.78 is 5.33. The number of fused-ring (bicyclic) bond motifs is 2. The van der Waals surface area contributed by atoms with Crippen LogP contribution < -0.4 is 4.74 Å². The topological polar surface area (TPSA) is 9.23 Å². The molecule has 1 nitrogen and oxygen atoms in total. The molecule has 0 amide bonds. The maximum atomic E-state index is 5.33. The second-order valence-electron chi connectivity index (χ2n) is 7.40. The molecule has 29 heavy (non-hydrogen) atoms. The zero-order valence-electron chi connectivity index (χ0n) is 16.4. The Morgan fingerprint density at radius 2 is 1.31 bits per heavy atom. The minimum Gasteiger partial charge on any atom is -0.497 e. The molecule has 5 rings (SSSR count). The highest BCUT2D eigenvalue weighted by molar-refractivity contribution is 6.02. The number of hydrogen-bond donors (Lipinski definition) is 0. The standard InChI is InChI=1S/C28H22O/c1-29-25-14-11-20(12-15-25)17-28-26(21-7-3-2-4-8-21)16-13-24-18-22-9-5-6-10-23(22)19-27(24)28/h2-16,18-19H,17H2,1H3. The van der Waals surface area contributed by atoms with Crippen molar-refractivity contribution in [1.82, 2.24) is 0 Å². The van der Waals surface area contributed by atoms with Crippen LogP contribution in [0.25, 0.3) is 32.7 Å². The Morgan fingerprint density at radius 1 is 0.621 bits per heavy atom. The van der Waals surface area contributed by atoms with Crippen molar-refractivity contribution in [3.05, 3.63) is 114 Å². The Hall–Kier alpha value is -3.58. The molecule has 5 aromatic carbocycles. The summed E-state index contributed by atoms with van der Waals surface area (Å²) in [7, 11) is 1.71. The van der Waals surface area contributed by atoms with Gasteiger partial charge in [0.2, 0.25) is 0 Å². The molecule has 0 heterocycles. The molecule has 0 aliphatic heterocycles. The third-order valence-electron chi connectivity index (χ3n) is 5.62. The Bertz CT molecular complexity index is 1290. The van der Waals surface area contributed by atoms with E-state index in [1.54, 1.807) is 7.11 Å². The largest absolute Gasteiger partial charge is 0.497 e. The fourth-order valence-electron chi connectivity index (χ4n) is 4.10. The van der Waals surface area contributed by atoms with E-state index in [0.717, 1.165) is 12.2 Å². The van der Waals surface area contributed by atoms with Gasteiger partial charge in [-0.15, -0.1) is 0 Å². The molecule has 140 valence electrons. The number of rotatable bonds is 4. The van der Waals surface area contributed by atoms with E-state index >= 15 is 0 Å². The monoisotopic (exact) mass is 374 g/mol. The normalized spacial score (nSPS) is 11.1. The average Bonchev–Trinajstić information content (AvgIpc) is 2.79. The zero-order valence-corrected chi connectivity index (χ0v) is 16.4. The lowest BCUT2D eigenvalue weighted by molar-refractivity contribution is 0.414. The first kappa shape index (κ1) is 17.5. The predicted molar refractivity (Wildman–Crippen MR) is 123 cm³/mol. The molecule has 0 saturated carbocycles. The first-order valence-corrected chi connectivity index (χ1v) is 9.94. The van der Waals surface area contributed by atoms with Gasteiger partial charge in [0.1, 0.15) is 5.75 Å². The van der Waals surface area contributed by atoms with Crippen molar-refractivity contribution in [3.8, 4) is 16.9 Å². The second-order valence-corrected chi connectivity index (χ2v) is 7.40. The molecule has 1 heteroatoms. The maximum Gasteiger partial charge on any atom is 0.118 e. The smallest absolute Gasteiger partial charge is 0.118 e. The van der Waals surface area contributed by atoms with Gasteiger partial charge in [-0.1, -0.05) is 78.9 Å². The van der Waals surface area contributed by atoms with E-state index in [4.69, 9.17) is 4.74 Å². The highest BCUT2D eigenvalue weighted by Gasteiger charge is 2.12. The predicted octanol–water partition coefficient (Wildman–Crippen LogP) is 7.26. The summed E-state index contributed by atoms with van der Waals surface area (Å²) in [5, 5.41) is 5.16. The number of hydrogen-bond acceptors (Lipinski definition) is 1. The molecule has 0 atom stereocenters. The Balaban J connectivity index is 1.74. The van der Waals surface area contributed by atoms with Crippen LogP contribution in [0.1, 0.15) is 11.1 Å². The van der Waals surface area contributed by atoms with Crippen LogP contribution >= 0.6 is 0 Å². The van der Waals surface area contributed by atoms with Gasteiger partial charge in [-0.25, -0.2) is 0 Å². The van der Waals surface area contributed by atoms with Gasteiger partial charge in [0.25, 0.3) is 0 Å². The van der Waals surface area contributed by atoms with Crippen LogP contribution in [0.3, 0.4) is 0 Å². The van der Waals surface area contributed by atoms with Gasteiger partial charge in [0, 0.05) is 0 Å². The number of benzene rings is 5. The van der Waals surface area contributed by atoms with Crippen molar-refractivity contribution < 1.29 is 4.74 Å². The maximum absolute atomic E-state index is 5.33. The lowest BCUT2D eigenvalue weighted by Crippen LogP contribution is -1.95. The van der Waals surface area contributed by atoms with Crippen molar-refractivity contribution in [3.63, 3.8) is 0 Å². The van der Waals surface area contributed by atoms with Gasteiger partial charge >= 0.3 is 0 Å². The Kier molecular flexibility index (Phi) is 4.50. The van der Waals surface area contributed by atoms with E-state index in [1.807, 2.05) is 12.1 Å². The minimum absolute atomic E-state index is 0.879. The van der Waals surface area contributed by atoms with Crippen LogP contribution in [0.5, 0.6) is 5.75 Å². The lowest BCUT2D eigenvalue weighted by Gasteiger charge is -2.15. The van der Waals surface area contributed by atoms with Crippen molar-refractivity contribution in [2.45, 2.75) is 6.42 Å². The Morgan fingerprint density at radius 3 is 2.03 bits per heavy atom. The fourth-order valence-corrected chi connectivity index (χ4v) is 4.10. The number of methoxy groups -OCH3 is 1. The molecule has 0 N–H and O–H groups in total. The summed E-state index contributed by atoms with van der Waals surface area (Å²) >= 11 is 0. The molecule has 0 fully saturated rings. The summed E-state index contributed by atoms with van der Waals surface area (Å²) in [5.41, 5.74) is 5.20. The molecule has 0 aromatic heterocycles. The molecular weight excluding hydrogens is 352 g/mol. The van der Waals surface area contributed by atoms with Gasteiger partial charge in [-0.2, -0.15) is 0 Å². The molecule has 5 aromatic rings. The summed E-state index contributed by atoms with van der Waals surface area (Å²) in [6.45, 7) is 0. The van der Waals surface area contributed by atoms with E-state index in [9.17, 15) is 0 Å². The Labute approximate surface area is 171 Å². The third-order valence-corrected chi connectivity index (χ3v) is 5.62. The highest BCUT2D eigenvalue weighted by atomic mass is 16.5. The molecule has 0 aliphatic carbocycles. The molecule has 0 radical (unpaired) electrons. The first-order valence-electron chi connectivity index (χ1n) is 9.94. The van der Waals surface area contributed by atoms with E-state index in [2.05, 4.69) is 91.0 Å². The summed E-state index contributed by atoms with van der Waals surface area (Å²) in [6.07, 6.45) is 0.879. The van der Waals surface area contributed by atoms with Crippen LogP contribution in [0.4, 0.5) is 0 Å². The van der Waals surface area contributed by atoms with Crippen LogP contribution in [0.2, 0.25) is 0 Å². The van der Waals surface area contributed by atoms with E-state index < -0.39 is 0 Å². The molecule has 0 spiro atoms. The van der Waals surface area contributed by atoms with Gasteiger partial charge in [-0.05, 0) is 74.5 Å². The van der Waals surface area contributed by atoms with Crippen LogP contribution in [0.15, 0.2) is 103 Å². The summed E-state index contributed by atoms with van der Waals surface area (Å²) in [5.74, 6) is 0.890. The molecule has 0 bridgehead atoms. The van der Waals surface area contributed by atoms with Crippen molar-refractivity contribution in [2.75, 3.05) is 7.11 Å². The highest BCUT2D eigenvalue weighted by Crippen LogP contribution is 2.34. The molecule has 0 unspecified atom stereocenters. The third kappa shape index (κ3) is 3.36. The average molecular weight is 374 g/mol. The van der Waals surface area contributed by atoms with E-state index in [1.165, 1.54) is 43.8 Å². The summed E-state index contributed by atoms with van der Waals surface area (Å²) in [4.78, 5) is 0. The molecule has 0 saturated heterocycles. The quantitative estimate of drug-likeness (QED) is 0.301. The van der Waals surface area contributed by atoms with Crippen molar-refractivity contribution in [2.24, 2.45) is 0 Å². The van der Waals surface area contributed by atoms with E-state index in [-0.39, 0.29) is 0 Å². The van der Waals surface area contributed by atoms with E-state index in [0.29, 0.717) is 0 Å². The van der Waals surface area contributed by atoms with Gasteiger partial charge in [0.15, 0.2) is 0 Å². The summed E-state index contributed by atoms with van der Waals surface area (Å²) in [6, 6.07) is 36.8. The number of ether oxygens (including phenoxy) is 1. The van der Waals surface area contributed by atoms with Gasteiger partial charge in [0.05, 0.1) is 7.11 Å². The lowest BCUT2D eigenvalue weighted by atomic mass is 9.89. The fraction of sp³-hybridized carbons (Fsp3) is 0.0714. The minimum atomic E-state index is 0.879. The first-order chi connectivity index (χ1) is 14.3. The molecular formula is C28H22O. The van der Waals surface area contributed by atoms with Crippen LogP contribution in [-0.2, 0) is 6.42 Å². The van der Waals surface area contributed by atoms with Gasteiger partial charge in [-0.3, -0.25) is 0 Å². The second kappa shape index (κ2) is 7.44. The zero-order chi connectivity index (χ0) is 19.6. The SMILES string of the molecule is COc1ccc(Cc2c(-c3ccccc3)ccc3cc4ccccc4cc23)cc1. The van der Waals surface area contributed by atoms with Crippen molar-refractivity contribution in [1.29, 1.82) is 0 Å².